The molecule has 4 nitrogen and oxygen atoms in total. The number of nitrogens with zero attached hydrogens (tertiary/aromatic N) is 2. The second-order valence-electron chi connectivity index (χ2n) is 5.65. The third-order valence-electron chi connectivity index (χ3n) is 4.21. The van der Waals surface area contributed by atoms with Crippen LogP contribution in [0.25, 0.3) is 0 Å². The molecule has 1 aromatic heterocycles. The van der Waals surface area contributed by atoms with Crippen molar-refractivity contribution in [2.75, 3.05) is 23.7 Å². The van der Waals surface area contributed by atoms with E-state index >= 15 is 0 Å². The molecule has 0 amide bonds. The summed E-state index contributed by atoms with van der Waals surface area (Å²) in [5.74, 6) is 2.90. The van der Waals surface area contributed by atoms with E-state index in [9.17, 15) is 0 Å². The number of aromatic nitrogens is 2. The molecule has 0 radical (unpaired) electrons. The summed E-state index contributed by atoms with van der Waals surface area (Å²) in [6, 6.07) is 0. The van der Waals surface area contributed by atoms with Gasteiger partial charge in [0.2, 0.25) is 0 Å². The minimum absolute atomic E-state index is 0.894. The van der Waals surface area contributed by atoms with Crippen molar-refractivity contribution >= 4 is 11.6 Å². The monoisotopic (exact) mass is 276 g/mol. The first kappa shape index (κ1) is 15.1. The third kappa shape index (κ3) is 4.09. The molecule has 0 aliphatic heterocycles. The second-order valence-corrected chi connectivity index (χ2v) is 5.65. The van der Waals surface area contributed by atoms with Crippen LogP contribution in [0, 0.1) is 5.92 Å². The van der Waals surface area contributed by atoms with Gasteiger partial charge in [-0.25, -0.2) is 9.97 Å². The van der Waals surface area contributed by atoms with Crippen LogP contribution in [-0.4, -0.2) is 23.1 Å². The molecule has 1 fully saturated rings. The van der Waals surface area contributed by atoms with Gasteiger partial charge in [-0.2, -0.15) is 0 Å². The average molecular weight is 276 g/mol. The van der Waals surface area contributed by atoms with Crippen LogP contribution in [0.1, 0.15) is 57.9 Å². The van der Waals surface area contributed by atoms with Crippen LogP contribution in [0.3, 0.4) is 0 Å². The molecule has 1 heterocycles. The van der Waals surface area contributed by atoms with Gasteiger partial charge in [-0.3, -0.25) is 0 Å². The van der Waals surface area contributed by atoms with E-state index in [2.05, 4.69) is 34.4 Å². The molecule has 0 bridgehead atoms. The summed E-state index contributed by atoms with van der Waals surface area (Å²) in [5, 5.41) is 6.84. The molecule has 2 N–H and O–H groups in total. The highest BCUT2D eigenvalue weighted by Crippen LogP contribution is 2.26. The van der Waals surface area contributed by atoms with Gasteiger partial charge in [0, 0.05) is 18.7 Å². The summed E-state index contributed by atoms with van der Waals surface area (Å²) in [4.78, 5) is 8.75. The van der Waals surface area contributed by atoms with Crippen molar-refractivity contribution in [3.05, 3.63) is 11.9 Å². The Kier molecular flexibility index (Phi) is 6.09. The highest BCUT2D eigenvalue weighted by atomic mass is 15.1. The SMILES string of the molecule is CCNc1ncnc(NCCC2CCCCC2)c1CC. The minimum Gasteiger partial charge on any atom is -0.370 e. The molecule has 1 aromatic rings. The molecule has 0 atom stereocenters. The van der Waals surface area contributed by atoms with Crippen LogP contribution in [0.15, 0.2) is 6.33 Å². The van der Waals surface area contributed by atoms with Crippen LogP contribution < -0.4 is 10.6 Å². The summed E-state index contributed by atoms with van der Waals surface area (Å²) in [6.45, 7) is 6.18. The zero-order valence-electron chi connectivity index (χ0n) is 12.9. The normalized spacial score (nSPS) is 16.1. The molecule has 0 spiro atoms. The van der Waals surface area contributed by atoms with Crippen LogP contribution in [0.5, 0.6) is 0 Å². The van der Waals surface area contributed by atoms with Crippen LogP contribution >= 0.6 is 0 Å². The van der Waals surface area contributed by atoms with Gasteiger partial charge in [-0.1, -0.05) is 39.0 Å². The molecular weight excluding hydrogens is 248 g/mol. The standard InChI is InChI=1S/C16H28N4/c1-3-14-15(17-4-2)19-12-20-16(14)18-11-10-13-8-6-5-7-9-13/h12-13H,3-11H2,1-2H3,(H2,17,18,19,20). The predicted octanol–water partition coefficient (Wildman–Crippen LogP) is 3.85. The average Bonchev–Trinajstić information content (AvgIpc) is 2.49. The van der Waals surface area contributed by atoms with E-state index in [-0.39, 0.29) is 0 Å². The molecule has 0 aromatic carbocycles. The summed E-state index contributed by atoms with van der Waals surface area (Å²) < 4.78 is 0. The second kappa shape index (κ2) is 8.08. The van der Waals surface area contributed by atoms with Crippen LogP contribution in [0.4, 0.5) is 11.6 Å². The maximum atomic E-state index is 4.41. The Morgan fingerprint density at radius 3 is 2.40 bits per heavy atom. The lowest BCUT2D eigenvalue weighted by Crippen LogP contribution is -2.14. The van der Waals surface area contributed by atoms with Crippen molar-refractivity contribution in [2.45, 2.75) is 58.8 Å². The van der Waals surface area contributed by atoms with Gasteiger partial charge >= 0.3 is 0 Å². The molecule has 112 valence electrons. The Balaban J connectivity index is 1.89. The van der Waals surface area contributed by atoms with Crippen molar-refractivity contribution in [3.63, 3.8) is 0 Å². The van der Waals surface area contributed by atoms with Gasteiger partial charge in [-0.05, 0) is 25.7 Å². The highest BCUT2D eigenvalue weighted by molar-refractivity contribution is 5.57. The first-order chi connectivity index (χ1) is 9.85. The molecule has 2 rings (SSSR count). The zero-order chi connectivity index (χ0) is 14.2. The van der Waals surface area contributed by atoms with E-state index in [1.165, 1.54) is 44.1 Å². The Morgan fingerprint density at radius 2 is 1.75 bits per heavy atom. The van der Waals surface area contributed by atoms with E-state index in [4.69, 9.17) is 0 Å². The molecule has 1 aliphatic carbocycles. The van der Waals surface area contributed by atoms with E-state index in [0.717, 1.165) is 37.1 Å². The van der Waals surface area contributed by atoms with Crippen molar-refractivity contribution in [1.82, 2.24) is 9.97 Å². The fourth-order valence-electron chi connectivity index (χ4n) is 3.09. The Morgan fingerprint density at radius 1 is 1.05 bits per heavy atom. The lowest BCUT2D eigenvalue weighted by atomic mass is 9.87. The van der Waals surface area contributed by atoms with Gasteiger partial charge in [0.15, 0.2) is 0 Å². The van der Waals surface area contributed by atoms with Gasteiger partial charge < -0.3 is 10.6 Å². The van der Waals surface area contributed by atoms with E-state index in [1.54, 1.807) is 6.33 Å². The van der Waals surface area contributed by atoms with E-state index < -0.39 is 0 Å². The number of hydrogen-bond donors (Lipinski definition) is 2. The smallest absolute Gasteiger partial charge is 0.134 e. The van der Waals surface area contributed by atoms with E-state index in [0.29, 0.717) is 0 Å². The van der Waals surface area contributed by atoms with E-state index in [1.807, 2.05) is 0 Å². The van der Waals surface area contributed by atoms with Gasteiger partial charge in [0.05, 0.1) is 0 Å². The molecule has 1 aliphatic rings. The first-order valence-corrected chi connectivity index (χ1v) is 8.16. The summed E-state index contributed by atoms with van der Waals surface area (Å²) in [5.41, 5.74) is 1.21. The lowest BCUT2D eigenvalue weighted by molar-refractivity contribution is 0.345. The molecule has 0 saturated heterocycles. The lowest BCUT2D eigenvalue weighted by Gasteiger charge is -2.22. The van der Waals surface area contributed by atoms with Crippen LogP contribution in [-0.2, 0) is 6.42 Å². The quantitative estimate of drug-likeness (QED) is 0.794. The highest BCUT2D eigenvalue weighted by Gasteiger charge is 2.14. The molecule has 4 heteroatoms. The first-order valence-electron chi connectivity index (χ1n) is 8.16. The number of anilines is 2. The van der Waals surface area contributed by atoms with Gasteiger partial charge in [0.25, 0.3) is 0 Å². The number of nitrogens with one attached hydrogen (secondary N) is 2. The Hall–Kier alpha value is -1.32. The predicted molar refractivity (Wildman–Crippen MR) is 85.3 cm³/mol. The topological polar surface area (TPSA) is 49.8 Å². The minimum atomic E-state index is 0.894. The third-order valence-corrected chi connectivity index (χ3v) is 4.21. The molecule has 1 saturated carbocycles. The maximum absolute atomic E-state index is 4.41. The van der Waals surface area contributed by atoms with Gasteiger partial charge in [0.1, 0.15) is 18.0 Å². The summed E-state index contributed by atoms with van der Waals surface area (Å²) in [7, 11) is 0. The molecule has 0 unspecified atom stereocenters. The fourth-order valence-corrected chi connectivity index (χ4v) is 3.09. The molecule has 20 heavy (non-hydrogen) atoms. The van der Waals surface area contributed by atoms with Crippen molar-refractivity contribution in [2.24, 2.45) is 5.92 Å². The Bertz CT molecular complexity index is 399. The zero-order valence-corrected chi connectivity index (χ0v) is 12.9. The molecular formula is C16H28N4. The van der Waals surface area contributed by atoms with Crippen molar-refractivity contribution in [1.29, 1.82) is 0 Å². The van der Waals surface area contributed by atoms with Crippen molar-refractivity contribution < 1.29 is 0 Å². The number of rotatable bonds is 7. The summed E-state index contributed by atoms with van der Waals surface area (Å²) in [6.07, 6.45) is 11.0. The Labute approximate surface area is 122 Å². The summed E-state index contributed by atoms with van der Waals surface area (Å²) >= 11 is 0. The fraction of sp³-hybridized carbons (Fsp3) is 0.750. The van der Waals surface area contributed by atoms with Gasteiger partial charge in [-0.15, -0.1) is 0 Å². The van der Waals surface area contributed by atoms with Crippen molar-refractivity contribution in [3.8, 4) is 0 Å². The van der Waals surface area contributed by atoms with Crippen LogP contribution in [0.2, 0.25) is 0 Å². The largest absolute Gasteiger partial charge is 0.370 e. The number of hydrogen-bond acceptors (Lipinski definition) is 4. The maximum Gasteiger partial charge on any atom is 0.134 e.